The van der Waals surface area contributed by atoms with Gasteiger partial charge in [-0.1, -0.05) is 12.1 Å². The molecule has 0 aromatic heterocycles. The van der Waals surface area contributed by atoms with Crippen LogP contribution in [0.2, 0.25) is 0 Å². The molecular weight excluding hydrogens is 276 g/mol. The number of benzene rings is 1. The maximum Gasteiger partial charge on any atom is 0.254 e. The zero-order valence-electron chi connectivity index (χ0n) is 5.47. The first-order chi connectivity index (χ1) is 5.25. The Morgan fingerprint density at radius 3 is 2.55 bits per heavy atom. The molecule has 0 bridgehead atoms. The van der Waals surface area contributed by atoms with Crippen LogP contribution in [0.4, 0.5) is 5.69 Å². The Labute approximate surface area is 83.4 Å². The van der Waals surface area contributed by atoms with Crippen molar-refractivity contribution in [2.75, 3.05) is 3.53 Å². The van der Waals surface area contributed by atoms with Gasteiger partial charge in [-0.25, -0.2) is 0 Å². The van der Waals surface area contributed by atoms with Crippen molar-refractivity contribution in [3.8, 4) is 0 Å². The summed E-state index contributed by atoms with van der Waals surface area (Å²) in [6.07, 6.45) is 0. The first kappa shape index (κ1) is 8.80. The van der Waals surface area contributed by atoms with E-state index in [1.54, 1.807) is 18.2 Å². The van der Waals surface area contributed by atoms with Gasteiger partial charge in [-0.05, 0) is 23.7 Å². The molecule has 11 heavy (non-hydrogen) atoms. The molecule has 0 spiro atoms. The minimum Gasteiger partial charge on any atom is -0.328 e. The Balaban J connectivity index is 3.12. The molecule has 58 valence electrons. The minimum absolute atomic E-state index is 0.440. The van der Waals surface area contributed by atoms with Crippen molar-refractivity contribution in [1.82, 2.24) is 0 Å². The average molecular weight is 281 g/mol. The molecule has 0 aliphatic carbocycles. The second-order valence-electron chi connectivity index (χ2n) is 1.91. The molecule has 4 heteroatoms. The van der Waals surface area contributed by atoms with Crippen LogP contribution < -0.4 is 3.53 Å². The number of rotatable bonds is 2. The second-order valence-corrected chi connectivity index (χ2v) is 2.80. The highest BCUT2D eigenvalue weighted by Gasteiger charge is 2.05. The number of halogens is 2. The lowest BCUT2D eigenvalue weighted by Gasteiger charge is -2.01. The molecule has 0 radical (unpaired) electrons. The lowest BCUT2D eigenvalue weighted by atomic mass is 10.2. The van der Waals surface area contributed by atoms with Gasteiger partial charge >= 0.3 is 0 Å². The van der Waals surface area contributed by atoms with Crippen LogP contribution in [0.15, 0.2) is 24.3 Å². The van der Waals surface area contributed by atoms with Gasteiger partial charge in [0.15, 0.2) is 0 Å². The largest absolute Gasteiger partial charge is 0.328 e. The molecule has 0 amide bonds. The quantitative estimate of drug-likeness (QED) is 0.513. The van der Waals surface area contributed by atoms with Gasteiger partial charge in [-0.2, -0.15) is 0 Å². The van der Waals surface area contributed by atoms with Gasteiger partial charge in [-0.3, -0.25) is 4.79 Å². The summed E-state index contributed by atoms with van der Waals surface area (Å²) in [5.74, 6) is 0. The van der Waals surface area contributed by atoms with Gasteiger partial charge in [-0.15, -0.1) is 0 Å². The number of nitrogens with one attached hydrogen (secondary N) is 1. The fourth-order valence-electron chi connectivity index (χ4n) is 0.737. The molecule has 0 heterocycles. The molecule has 0 fully saturated rings. The molecule has 0 saturated heterocycles. The van der Waals surface area contributed by atoms with Gasteiger partial charge in [0.25, 0.3) is 5.24 Å². The molecule has 0 saturated carbocycles. The van der Waals surface area contributed by atoms with Crippen molar-refractivity contribution in [2.24, 2.45) is 0 Å². The van der Waals surface area contributed by atoms with E-state index in [-0.39, 0.29) is 0 Å². The zero-order valence-corrected chi connectivity index (χ0v) is 8.39. The summed E-state index contributed by atoms with van der Waals surface area (Å²) in [5, 5.41) is -0.440. The van der Waals surface area contributed by atoms with Crippen LogP contribution in [-0.2, 0) is 0 Å². The molecule has 1 aromatic rings. The second kappa shape index (κ2) is 3.92. The first-order valence-electron chi connectivity index (χ1n) is 2.91. The van der Waals surface area contributed by atoms with Crippen LogP contribution in [0.5, 0.6) is 0 Å². The Morgan fingerprint density at radius 2 is 2.09 bits per heavy atom. The SMILES string of the molecule is O=C(Cl)c1ccccc1NI. The molecule has 1 N–H and O–H groups in total. The Kier molecular flexibility index (Phi) is 3.14. The van der Waals surface area contributed by atoms with Crippen molar-refractivity contribution < 1.29 is 4.79 Å². The van der Waals surface area contributed by atoms with E-state index in [0.717, 1.165) is 5.69 Å². The summed E-state index contributed by atoms with van der Waals surface area (Å²) in [5.41, 5.74) is 1.25. The van der Waals surface area contributed by atoms with Crippen molar-refractivity contribution in [3.63, 3.8) is 0 Å². The maximum absolute atomic E-state index is 10.7. The highest BCUT2D eigenvalue weighted by atomic mass is 127. The Morgan fingerprint density at radius 1 is 1.45 bits per heavy atom. The van der Waals surface area contributed by atoms with Gasteiger partial charge in [0.1, 0.15) is 0 Å². The Bertz CT molecular complexity index is 277. The van der Waals surface area contributed by atoms with E-state index in [4.69, 9.17) is 11.6 Å². The van der Waals surface area contributed by atoms with Crippen molar-refractivity contribution in [3.05, 3.63) is 29.8 Å². The summed E-state index contributed by atoms with van der Waals surface area (Å²) < 4.78 is 2.84. The molecule has 2 nitrogen and oxygen atoms in total. The third-order valence-electron chi connectivity index (χ3n) is 1.24. The smallest absolute Gasteiger partial charge is 0.254 e. The van der Waals surface area contributed by atoms with Crippen LogP contribution in [0.3, 0.4) is 0 Å². The summed E-state index contributed by atoms with van der Waals surface area (Å²) in [6, 6.07) is 7.08. The highest BCUT2D eigenvalue weighted by Crippen LogP contribution is 2.18. The van der Waals surface area contributed by atoms with Crippen LogP contribution in [-0.4, -0.2) is 5.24 Å². The van der Waals surface area contributed by atoms with E-state index in [1.807, 2.05) is 28.9 Å². The number of carbonyl (C=O) groups excluding carboxylic acids is 1. The molecule has 0 aliphatic rings. The Hall–Kier alpha value is -0.290. The van der Waals surface area contributed by atoms with Crippen molar-refractivity contribution in [1.29, 1.82) is 0 Å². The lowest BCUT2D eigenvalue weighted by Crippen LogP contribution is -1.93. The first-order valence-corrected chi connectivity index (χ1v) is 4.37. The topological polar surface area (TPSA) is 29.1 Å². The third-order valence-corrected chi connectivity index (χ3v) is 2.03. The number of anilines is 1. The normalized spacial score (nSPS) is 9.27. The van der Waals surface area contributed by atoms with E-state index in [0.29, 0.717) is 5.56 Å². The summed E-state index contributed by atoms with van der Waals surface area (Å²) in [6.45, 7) is 0. The molecule has 1 rings (SSSR count). The van der Waals surface area contributed by atoms with Gasteiger partial charge in [0, 0.05) is 0 Å². The maximum atomic E-state index is 10.7. The van der Waals surface area contributed by atoms with E-state index in [9.17, 15) is 4.79 Å². The zero-order chi connectivity index (χ0) is 8.27. The van der Waals surface area contributed by atoms with Crippen LogP contribution in [0.1, 0.15) is 10.4 Å². The van der Waals surface area contributed by atoms with Gasteiger partial charge in [0.05, 0.1) is 34.1 Å². The van der Waals surface area contributed by atoms with Gasteiger partial charge < -0.3 is 3.53 Å². The number of carbonyl (C=O) groups is 1. The molecule has 0 unspecified atom stereocenters. The summed E-state index contributed by atoms with van der Waals surface area (Å²) in [7, 11) is 0. The van der Waals surface area contributed by atoms with E-state index in [2.05, 4.69) is 3.53 Å². The predicted molar refractivity (Wildman–Crippen MR) is 54.3 cm³/mol. The fraction of sp³-hybridized carbons (Fsp3) is 0. The standard InChI is InChI=1S/C7H5ClINO/c8-7(11)5-3-1-2-4-6(5)10-9/h1-4,10H. The molecular formula is C7H5ClINO. The lowest BCUT2D eigenvalue weighted by molar-refractivity contribution is 0.108. The average Bonchev–Trinajstić information content (AvgIpc) is 2.04. The van der Waals surface area contributed by atoms with Crippen LogP contribution >= 0.6 is 34.5 Å². The predicted octanol–water partition coefficient (Wildman–Crippen LogP) is 2.83. The molecule has 1 aromatic carbocycles. The molecule has 0 atom stereocenters. The summed E-state index contributed by atoms with van der Waals surface area (Å²) in [4.78, 5) is 10.7. The van der Waals surface area contributed by atoms with Crippen LogP contribution in [0, 0.1) is 0 Å². The van der Waals surface area contributed by atoms with Crippen molar-refractivity contribution in [2.45, 2.75) is 0 Å². The van der Waals surface area contributed by atoms with Crippen molar-refractivity contribution >= 4 is 45.4 Å². The number of para-hydroxylation sites is 1. The number of hydrogen-bond acceptors (Lipinski definition) is 2. The highest BCUT2D eigenvalue weighted by molar-refractivity contribution is 14.1. The van der Waals surface area contributed by atoms with E-state index in [1.165, 1.54) is 0 Å². The minimum atomic E-state index is -0.440. The third kappa shape index (κ3) is 2.07. The van der Waals surface area contributed by atoms with E-state index >= 15 is 0 Å². The number of hydrogen-bond donors (Lipinski definition) is 1. The van der Waals surface area contributed by atoms with E-state index < -0.39 is 5.24 Å². The molecule has 0 aliphatic heterocycles. The van der Waals surface area contributed by atoms with Crippen LogP contribution in [0.25, 0.3) is 0 Å². The fourth-order valence-corrected chi connectivity index (χ4v) is 1.37. The monoisotopic (exact) mass is 281 g/mol. The van der Waals surface area contributed by atoms with Gasteiger partial charge in [0.2, 0.25) is 0 Å². The summed E-state index contributed by atoms with van der Waals surface area (Å²) >= 11 is 7.26.